The predicted molar refractivity (Wildman–Crippen MR) is 148 cm³/mol. The summed E-state index contributed by atoms with van der Waals surface area (Å²) in [5, 5.41) is 20.0. The number of aryl methyl sites for hydroxylation is 1. The summed E-state index contributed by atoms with van der Waals surface area (Å²) in [6.45, 7) is 10.6. The van der Waals surface area contributed by atoms with Crippen LogP contribution in [0, 0.1) is 0 Å². The van der Waals surface area contributed by atoms with Gasteiger partial charge in [-0.15, -0.1) is 5.10 Å². The number of rotatable bonds is 4. The van der Waals surface area contributed by atoms with Gasteiger partial charge in [0.2, 0.25) is 0 Å². The quantitative estimate of drug-likeness (QED) is 0.426. The summed E-state index contributed by atoms with van der Waals surface area (Å²) < 4.78 is 2.96. The van der Waals surface area contributed by atoms with Gasteiger partial charge in [-0.1, -0.05) is 29.8 Å². The monoisotopic (exact) mass is 518 g/mol. The summed E-state index contributed by atoms with van der Waals surface area (Å²) in [5.74, 6) is 0.0328. The molecule has 1 aliphatic rings. The molecule has 1 aliphatic heterocycles. The van der Waals surface area contributed by atoms with Gasteiger partial charge in [0.15, 0.2) is 5.75 Å². The highest BCUT2D eigenvalue weighted by Crippen LogP contribution is 2.38. The van der Waals surface area contributed by atoms with Crippen LogP contribution in [0.4, 0.5) is 5.69 Å². The first kappa shape index (κ1) is 25.0. The van der Waals surface area contributed by atoms with Crippen molar-refractivity contribution in [3.8, 4) is 33.8 Å². The first-order valence-corrected chi connectivity index (χ1v) is 12.7. The van der Waals surface area contributed by atoms with Crippen molar-refractivity contribution in [2.45, 2.75) is 26.3 Å². The van der Waals surface area contributed by atoms with Crippen LogP contribution < -0.4 is 10.6 Å². The SMILES string of the molecule is Cn1ccn(-c2ccc(-c3cnnc(-c4cccc(N5CCN(C(C)(C)C)CC5)c4)c3O)cc2Cl)c1=O. The van der Waals surface area contributed by atoms with Crippen LogP contribution in [-0.2, 0) is 7.05 Å². The summed E-state index contributed by atoms with van der Waals surface area (Å²) in [5.41, 5.74) is 4.03. The Hall–Kier alpha value is -3.62. The van der Waals surface area contributed by atoms with Gasteiger partial charge in [-0.3, -0.25) is 9.47 Å². The Labute approximate surface area is 221 Å². The van der Waals surface area contributed by atoms with Gasteiger partial charge in [0, 0.05) is 68.0 Å². The van der Waals surface area contributed by atoms with Gasteiger partial charge < -0.3 is 14.6 Å². The number of nitrogens with zero attached hydrogens (tertiary/aromatic N) is 6. The van der Waals surface area contributed by atoms with E-state index in [9.17, 15) is 9.90 Å². The Balaban J connectivity index is 1.43. The number of piperazine rings is 1. The summed E-state index contributed by atoms with van der Waals surface area (Å²) in [6, 6.07) is 13.4. The maximum atomic E-state index is 12.3. The van der Waals surface area contributed by atoms with Crippen molar-refractivity contribution in [2.75, 3.05) is 31.1 Å². The van der Waals surface area contributed by atoms with E-state index in [4.69, 9.17) is 11.6 Å². The molecule has 2 aromatic carbocycles. The number of hydrogen-bond donors (Lipinski definition) is 1. The van der Waals surface area contributed by atoms with Crippen LogP contribution in [0.25, 0.3) is 28.1 Å². The van der Waals surface area contributed by atoms with Crippen LogP contribution in [0.5, 0.6) is 5.75 Å². The highest BCUT2D eigenvalue weighted by Gasteiger charge is 2.26. The van der Waals surface area contributed by atoms with Gasteiger partial charge in [0.1, 0.15) is 5.69 Å². The summed E-state index contributed by atoms with van der Waals surface area (Å²) >= 11 is 6.55. The van der Waals surface area contributed by atoms with Crippen LogP contribution >= 0.6 is 11.6 Å². The molecule has 0 amide bonds. The van der Waals surface area contributed by atoms with Crippen molar-refractivity contribution in [1.29, 1.82) is 0 Å². The van der Waals surface area contributed by atoms with Crippen molar-refractivity contribution in [3.05, 3.63) is 76.6 Å². The Morgan fingerprint density at radius 2 is 1.73 bits per heavy atom. The number of aromatic hydroxyl groups is 1. The average molecular weight is 519 g/mol. The Bertz CT molecular complexity index is 1500. The molecule has 3 heterocycles. The van der Waals surface area contributed by atoms with Crippen LogP contribution in [0.2, 0.25) is 5.02 Å². The summed E-state index contributed by atoms with van der Waals surface area (Å²) in [4.78, 5) is 17.2. The smallest absolute Gasteiger partial charge is 0.332 e. The second-order valence-corrected chi connectivity index (χ2v) is 10.8. The zero-order chi connectivity index (χ0) is 26.3. The second-order valence-electron chi connectivity index (χ2n) is 10.4. The number of benzene rings is 2. The van der Waals surface area contributed by atoms with Crippen molar-refractivity contribution in [1.82, 2.24) is 24.2 Å². The molecule has 0 aliphatic carbocycles. The molecule has 0 atom stereocenters. The van der Waals surface area contributed by atoms with E-state index in [1.54, 1.807) is 31.6 Å². The lowest BCUT2D eigenvalue weighted by Crippen LogP contribution is -2.53. The van der Waals surface area contributed by atoms with Gasteiger partial charge in [-0.05, 0) is 50.6 Å². The fourth-order valence-corrected chi connectivity index (χ4v) is 5.06. The van der Waals surface area contributed by atoms with Gasteiger partial charge >= 0.3 is 5.69 Å². The van der Waals surface area contributed by atoms with E-state index in [-0.39, 0.29) is 17.0 Å². The molecule has 1 saturated heterocycles. The maximum Gasteiger partial charge on any atom is 0.332 e. The zero-order valence-electron chi connectivity index (χ0n) is 21.5. The van der Waals surface area contributed by atoms with Gasteiger partial charge in [-0.25, -0.2) is 4.79 Å². The van der Waals surface area contributed by atoms with E-state index in [1.807, 2.05) is 18.2 Å². The molecule has 4 aromatic rings. The van der Waals surface area contributed by atoms with Gasteiger partial charge in [0.25, 0.3) is 0 Å². The van der Waals surface area contributed by atoms with Crippen molar-refractivity contribution in [2.24, 2.45) is 7.05 Å². The van der Waals surface area contributed by atoms with Gasteiger partial charge in [-0.2, -0.15) is 5.10 Å². The highest BCUT2D eigenvalue weighted by molar-refractivity contribution is 6.32. The fraction of sp³-hybridized carbons (Fsp3) is 0.321. The van der Waals surface area contributed by atoms with E-state index in [2.05, 4.69) is 52.9 Å². The van der Waals surface area contributed by atoms with E-state index >= 15 is 0 Å². The molecule has 0 saturated carbocycles. The van der Waals surface area contributed by atoms with E-state index in [1.165, 1.54) is 15.3 Å². The first-order chi connectivity index (χ1) is 17.6. The van der Waals surface area contributed by atoms with Crippen LogP contribution in [0.15, 0.2) is 65.8 Å². The number of halogens is 1. The van der Waals surface area contributed by atoms with E-state index < -0.39 is 0 Å². The predicted octanol–water partition coefficient (Wildman–Crippen LogP) is 4.58. The van der Waals surface area contributed by atoms with Gasteiger partial charge in [0.05, 0.1) is 16.9 Å². The van der Waals surface area contributed by atoms with Crippen LogP contribution in [0.3, 0.4) is 0 Å². The van der Waals surface area contributed by atoms with Crippen molar-refractivity contribution < 1.29 is 5.11 Å². The lowest BCUT2D eigenvalue weighted by molar-refractivity contribution is 0.128. The maximum absolute atomic E-state index is 12.3. The number of anilines is 1. The molecule has 192 valence electrons. The van der Waals surface area contributed by atoms with E-state index in [0.717, 1.165) is 37.4 Å². The Kier molecular flexibility index (Phi) is 6.56. The normalized spacial score (nSPS) is 14.8. The molecule has 1 N–H and O–H groups in total. The van der Waals surface area contributed by atoms with Crippen molar-refractivity contribution in [3.63, 3.8) is 0 Å². The standard InChI is InChI=1S/C28H31ClN6O2/c1-28(2,3)34-13-11-33(12-14-34)21-7-5-6-20(16-21)25-26(36)22(18-30-31-25)19-8-9-24(23(29)17-19)35-15-10-32(4)27(35)37/h5-10,15-18H,11-14H2,1-4H3,(H,30,36). The molecule has 1 fully saturated rings. The molecule has 8 nitrogen and oxygen atoms in total. The third kappa shape index (κ3) is 4.86. The topological polar surface area (TPSA) is 79.4 Å². The third-order valence-corrected chi connectivity index (χ3v) is 7.31. The highest BCUT2D eigenvalue weighted by atomic mass is 35.5. The minimum absolute atomic E-state index is 0.0328. The number of aromatic nitrogens is 4. The summed E-state index contributed by atoms with van der Waals surface area (Å²) in [6.07, 6.45) is 4.87. The number of imidazole rings is 1. The lowest BCUT2D eigenvalue weighted by atomic mass is 10.0. The largest absolute Gasteiger partial charge is 0.505 e. The fourth-order valence-electron chi connectivity index (χ4n) is 4.79. The van der Waals surface area contributed by atoms with E-state index in [0.29, 0.717) is 27.5 Å². The molecule has 0 unspecified atom stereocenters. The molecular weight excluding hydrogens is 488 g/mol. The lowest BCUT2D eigenvalue weighted by Gasteiger charge is -2.43. The molecule has 5 rings (SSSR count). The first-order valence-electron chi connectivity index (χ1n) is 12.3. The molecule has 2 aromatic heterocycles. The summed E-state index contributed by atoms with van der Waals surface area (Å²) in [7, 11) is 1.68. The number of hydrogen-bond acceptors (Lipinski definition) is 6. The Morgan fingerprint density at radius 1 is 0.973 bits per heavy atom. The van der Waals surface area contributed by atoms with Crippen molar-refractivity contribution >= 4 is 17.3 Å². The molecule has 0 bridgehead atoms. The van der Waals surface area contributed by atoms with Crippen LogP contribution in [-0.4, -0.2) is 61.1 Å². The molecule has 0 spiro atoms. The molecule has 37 heavy (non-hydrogen) atoms. The molecule has 0 radical (unpaired) electrons. The third-order valence-electron chi connectivity index (χ3n) is 7.00. The Morgan fingerprint density at radius 3 is 2.38 bits per heavy atom. The minimum atomic E-state index is -0.190. The van der Waals surface area contributed by atoms with Crippen LogP contribution in [0.1, 0.15) is 20.8 Å². The minimum Gasteiger partial charge on any atom is -0.505 e. The average Bonchev–Trinajstić information content (AvgIpc) is 3.21. The zero-order valence-corrected chi connectivity index (χ0v) is 22.3. The second kappa shape index (κ2) is 9.68. The molecule has 9 heteroatoms. The molecular formula is C28H31ClN6O2.